The summed E-state index contributed by atoms with van der Waals surface area (Å²) in [5.74, 6) is 1.22. The maximum absolute atomic E-state index is 14.3. The molecule has 1 amide bonds. The highest BCUT2D eigenvalue weighted by atomic mass is 32.2. The van der Waals surface area contributed by atoms with E-state index in [0.717, 1.165) is 21.6 Å². The van der Waals surface area contributed by atoms with Crippen molar-refractivity contribution in [3.05, 3.63) is 54.2 Å². The predicted octanol–water partition coefficient (Wildman–Crippen LogP) is 5.00. The fourth-order valence-corrected chi connectivity index (χ4v) is 5.47. The molecular weight excluding hydrogens is 493 g/mol. The van der Waals surface area contributed by atoms with Gasteiger partial charge in [0.25, 0.3) is 0 Å². The summed E-state index contributed by atoms with van der Waals surface area (Å²) in [7, 11) is 0. The number of rotatable bonds is 6. The molecule has 4 heterocycles. The summed E-state index contributed by atoms with van der Waals surface area (Å²) >= 11 is 1.66. The molecule has 8 nitrogen and oxygen atoms in total. The van der Waals surface area contributed by atoms with E-state index in [-0.39, 0.29) is 18.7 Å². The van der Waals surface area contributed by atoms with Crippen LogP contribution in [0.1, 0.15) is 24.9 Å². The number of carboxylic acid groups (broad SMARTS) is 1. The number of benzene rings is 1. The number of nitrogens with zero attached hydrogens (tertiary/aromatic N) is 5. The van der Waals surface area contributed by atoms with Gasteiger partial charge < -0.3 is 10.4 Å². The fraction of sp³-hybridized carbons (Fsp3) is 0.333. The number of hydrogen-bond donors (Lipinski definition) is 2. The Kier molecular flexibility index (Phi) is 6.47. The number of alkyl halides is 3. The van der Waals surface area contributed by atoms with E-state index in [0.29, 0.717) is 23.6 Å². The molecule has 0 aliphatic carbocycles. The first-order valence-corrected chi connectivity index (χ1v) is 12.4. The summed E-state index contributed by atoms with van der Waals surface area (Å²) in [4.78, 5) is 18.0. The summed E-state index contributed by atoms with van der Waals surface area (Å²) < 4.78 is 44.3. The third-order valence-corrected chi connectivity index (χ3v) is 7.10. The molecule has 36 heavy (non-hydrogen) atoms. The van der Waals surface area contributed by atoms with Crippen LogP contribution < -0.4 is 5.32 Å². The van der Waals surface area contributed by atoms with Gasteiger partial charge in [-0.2, -0.15) is 13.2 Å². The van der Waals surface area contributed by atoms with Crippen LogP contribution in [0.5, 0.6) is 0 Å². The number of amides is 1. The summed E-state index contributed by atoms with van der Waals surface area (Å²) in [5.41, 5.74) is 1.73. The van der Waals surface area contributed by atoms with Crippen molar-refractivity contribution in [2.45, 2.75) is 36.5 Å². The van der Waals surface area contributed by atoms with Crippen molar-refractivity contribution >= 4 is 34.4 Å². The van der Waals surface area contributed by atoms with Crippen molar-refractivity contribution in [2.75, 3.05) is 18.8 Å². The summed E-state index contributed by atoms with van der Waals surface area (Å²) in [6, 6.07) is 10.1. The summed E-state index contributed by atoms with van der Waals surface area (Å²) in [5, 5.41) is 20.6. The lowest BCUT2D eigenvalue weighted by atomic mass is 10.1. The normalized spacial score (nSPS) is 17.6. The van der Waals surface area contributed by atoms with Crippen molar-refractivity contribution in [1.82, 2.24) is 29.8 Å². The Morgan fingerprint density at radius 3 is 2.81 bits per heavy atom. The molecule has 0 bridgehead atoms. The molecule has 2 atom stereocenters. The molecule has 0 saturated carbocycles. The van der Waals surface area contributed by atoms with Gasteiger partial charge in [0.05, 0.1) is 5.52 Å². The van der Waals surface area contributed by atoms with E-state index < -0.39 is 24.4 Å². The zero-order valence-electron chi connectivity index (χ0n) is 19.2. The first-order valence-electron chi connectivity index (χ1n) is 11.4. The van der Waals surface area contributed by atoms with Gasteiger partial charge in [0.15, 0.2) is 11.5 Å². The second-order valence-corrected chi connectivity index (χ2v) is 9.85. The standard InChI is InChI=1S/C24H23F3N6O2S/c1-2-36-18-5-3-4-14-6-8-17(29-20(14)18)22-31-30-19-9-7-15(12-33(19)22)21(24(25,26)27)32-11-10-16(13-32)28-23(34)35/h3-9,12,16,21,28H,2,10-11,13H2,1H3,(H,34,35)/t16?,21-/m1/s1. The van der Waals surface area contributed by atoms with Gasteiger partial charge in [-0.15, -0.1) is 22.0 Å². The molecular formula is C24H23F3N6O2S. The van der Waals surface area contributed by atoms with E-state index in [1.165, 1.54) is 27.6 Å². The van der Waals surface area contributed by atoms with Crippen LogP contribution in [-0.4, -0.2) is 66.7 Å². The van der Waals surface area contributed by atoms with Crippen molar-refractivity contribution in [1.29, 1.82) is 0 Å². The van der Waals surface area contributed by atoms with Crippen LogP contribution in [0.25, 0.3) is 28.1 Å². The second kappa shape index (κ2) is 9.58. The molecule has 12 heteroatoms. The smallest absolute Gasteiger partial charge is 0.408 e. The van der Waals surface area contributed by atoms with Crippen LogP contribution >= 0.6 is 11.8 Å². The third kappa shape index (κ3) is 4.70. The lowest BCUT2D eigenvalue weighted by Crippen LogP contribution is -2.40. The predicted molar refractivity (Wildman–Crippen MR) is 130 cm³/mol. The highest BCUT2D eigenvalue weighted by Crippen LogP contribution is 2.40. The highest BCUT2D eigenvalue weighted by molar-refractivity contribution is 7.99. The molecule has 1 aromatic carbocycles. The van der Waals surface area contributed by atoms with Gasteiger partial charge in [-0.25, -0.2) is 9.78 Å². The first-order chi connectivity index (χ1) is 17.2. The van der Waals surface area contributed by atoms with Gasteiger partial charge in [0.1, 0.15) is 11.7 Å². The Hall–Kier alpha value is -3.38. The van der Waals surface area contributed by atoms with E-state index in [2.05, 4.69) is 22.4 Å². The lowest BCUT2D eigenvalue weighted by molar-refractivity contribution is -0.184. The number of halogens is 3. The molecule has 3 aromatic heterocycles. The van der Waals surface area contributed by atoms with Crippen LogP contribution in [0.2, 0.25) is 0 Å². The minimum absolute atomic E-state index is 0.0232. The Morgan fingerprint density at radius 1 is 1.22 bits per heavy atom. The summed E-state index contributed by atoms with van der Waals surface area (Å²) in [6.45, 7) is 2.14. The fourth-order valence-electron chi connectivity index (χ4n) is 4.68. The molecule has 1 saturated heterocycles. The number of nitrogens with one attached hydrogen (secondary N) is 1. The van der Waals surface area contributed by atoms with Crippen molar-refractivity contribution in [2.24, 2.45) is 0 Å². The largest absolute Gasteiger partial charge is 0.465 e. The van der Waals surface area contributed by atoms with Crippen LogP contribution in [0.15, 0.2) is 53.6 Å². The average Bonchev–Trinajstić information content (AvgIpc) is 3.45. The number of fused-ring (bicyclic) bond motifs is 2. The molecule has 4 aromatic rings. The first kappa shape index (κ1) is 24.3. The monoisotopic (exact) mass is 516 g/mol. The number of pyridine rings is 2. The quantitative estimate of drug-likeness (QED) is 0.348. The molecule has 0 radical (unpaired) electrons. The van der Waals surface area contributed by atoms with Crippen LogP contribution in [-0.2, 0) is 0 Å². The molecule has 5 rings (SSSR count). The van der Waals surface area contributed by atoms with Crippen LogP contribution in [0, 0.1) is 0 Å². The van der Waals surface area contributed by atoms with Crippen LogP contribution in [0.4, 0.5) is 18.0 Å². The van der Waals surface area contributed by atoms with Gasteiger partial charge in [0.2, 0.25) is 0 Å². The number of likely N-dealkylation sites (tertiary alicyclic amines) is 1. The number of para-hydroxylation sites is 1. The van der Waals surface area contributed by atoms with Gasteiger partial charge in [-0.3, -0.25) is 9.30 Å². The zero-order valence-corrected chi connectivity index (χ0v) is 20.1. The lowest BCUT2D eigenvalue weighted by Gasteiger charge is -2.30. The van der Waals surface area contributed by atoms with E-state index in [1.54, 1.807) is 17.8 Å². The molecule has 0 spiro atoms. The van der Waals surface area contributed by atoms with E-state index in [4.69, 9.17) is 10.1 Å². The van der Waals surface area contributed by atoms with E-state index in [1.807, 2.05) is 24.3 Å². The number of hydrogen-bond acceptors (Lipinski definition) is 6. The van der Waals surface area contributed by atoms with Crippen molar-refractivity contribution in [3.63, 3.8) is 0 Å². The SMILES string of the molecule is CCSc1cccc2ccc(-c3nnc4ccc([C@@H](N5CCC(NC(=O)O)C5)C(F)(F)F)cn34)nc12. The second-order valence-electron chi connectivity index (χ2n) is 8.55. The number of carbonyl (C=O) groups is 1. The van der Waals surface area contributed by atoms with Gasteiger partial charge in [-0.05, 0) is 35.9 Å². The van der Waals surface area contributed by atoms with Gasteiger partial charge in [0, 0.05) is 35.6 Å². The van der Waals surface area contributed by atoms with Gasteiger partial charge in [-0.1, -0.05) is 31.2 Å². The Bertz CT molecular complexity index is 1430. The maximum Gasteiger partial charge on any atom is 0.408 e. The minimum Gasteiger partial charge on any atom is -0.465 e. The number of aromatic nitrogens is 4. The van der Waals surface area contributed by atoms with E-state index in [9.17, 15) is 18.0 Å². The van der Waals surface area contributed by atoms with Crippen LogP contribution in [0.3, 0.4) is 0 Å². The van der Waals surface area contributed by atoms with Gasteiger partial charge >= 0.3 is 12.3 Å². The molecule has 1 fully saturated rings. The minimum atomic E-state index is -4.56. The Morgan fingerprint density at radius 2 is 2.06 bits per heavy atom. The third-order valence-electron chi connectivity index (χ3n) is 6.18. The molecule has 2 N–H and O–H groups in total. The average molecular weight is 517 g/mol. The topological polar surface area (TPSA) is 95.7 Å². The number of thioether (sulfide) groups is 1. The molecule has 188 valence electrons. The molecule has 1 aliphatic heterocycles. The Balaban J connectivity index is 1.55. The highest BCUT2D eigenvalue weighted by Gasteiger charge is 2.47. The summed E-state index contributed by atoms with van der Waals surface area (Å²) in [6.07, 6.45) is -4.10. The van der Waals surface area contributed by atoms with Crippen molar-refractivity contribution in [3.8, 4) is 11.5 Å². The van der Waals surface area contributed by atoms with E-state index >= 15 is 0 Å². The Labute approximate surface area is 208 Å². The molecule has 1 aliphatic rings. The maximum atomic E-state index is 14.3. The molecule has 1 unspecified atom stereocenters. The zero-order chi connectivity index (χ0) is 25.4. The van der Waals surface area contributed by atoms with Crippen molar-refractivity contribution < 1.29 is 23.1 Å².